The van der Waals surface area contributed by atoms with E-state index in [0.29, 0.717) is 11.8 Å². The quantitative estimate of drug-likeness (QED) is 0.784. The molecule has 1 aromatic rings. The number of nitrogens with zero attached hydrogens (tertiary/aromatic N) is 3. The Hall–Kier alpha value is -1.65. The van der Waals surface area contributed by atoms with Crippen LogP contribution in [0.5, 0.6) is 0 Å². The number of hydrogen-bond donors (Lipinski definition) is 2. The van der Waals surface area contributed by atoms with E-state index in [1.807, 2.05) is 0 Å². The lowest BCUT2D eigenvalue weighted by molar-refractivity contribution is -0.177. The zero-order chi connectivity index (χ0) is 15.2. The molecule has 0 saturated heterocycles. The monoisotopic (exact) mass is 311 g/mol. The van der Waals surface area contributed by atoms with Gasteiger partial charge < -0.3 is 5.32 Å². The van der Waals surface area contributed by atoms with E-state index in [-0.39, 0.29) is 18.8 Å². The van der Waals surface area contributed by atoms with E-state index in [1.165, 1.54) is 0 Å². The highest BCUT2D eigenvalue weighted by molar-refractivity contribution is 8.13. The van der Waals surface area contributed by atoms with Crippen LogP contribution < -0.4 is 5.32 Å². The highest BCUT2D eigenvalue weighted by Crippen LogP contribution is 2.29. The summed E-state index contributed by atoms with van der Waals surface area (Å²) in [6.07, 6.45) is -4.54. The predicted molar refractivity (Wildman–Crippen MR) is 63.6 cm³/mol. The number of hydrogen-bond acceptors (Lipinski definition) is 6. The summed E-state index contributed by atoms with van der Waals surface area (Å²) in [6.45, 7) is 1.10. The van der Waals surface area contributed by atoms with Crippen molar-refractivity contribution in [2.75, 3.05) is 12.3 Å². The van der Waals surface area contributed by atoms with Crippen molar-refractivity contribution in [1.82, 2.24) is 25.9 Å². The fourth-order valence-electron chi connectivity index (χ4n) is 1.23. The molecule has 0 bridgehead atoms. The molecule has 11 heteroatoms. The van der Waals surface area contributed by atoms with Gasteiger partial charge in [-0.2, -0.15) is 18.4 Å². The van der Waals surface area contributed by atoms with Crippen LogP contribution in [-0.4, -0.2) is 50.1 Å². The van der Waals surface area contributed by atoms with Crippen molar-refractivity contribution in [2.45, 2.75) is 19.5 Å². The molecule has 1 heterocycles. The molecule has 7 nitrogen and oxygen atoms in total. The summed E-state index contributed by atoms with van der Waals surface area (Å²) < 4.78 is 38.1. The molecule has 1 amide bonds. The molecule has 1 unspecified atom stereocenters. The number of aromatic nitrogens is 4. The van der Waals surface area contributed by atoms with Crippen molar-refractivity contribution in [3.05, 3.63) is 5.82 Å². The molecule has 0 aliphatic rings. The van der Waals surface area contributed by atoms with Gasteiger partial charge in [-0.15, -0.1) is 10.2 Å². The summed E-state index contributed by atoms with van der Waals surface area (Å²) >= 11 is 0.466. The van der Waals surface area contributed by atoms with Gasteiger partial charge in [0.1, 0.15) is 5.92 Å². The third-order valence-corrected chi connectivity index (χ3v) is 3.11. The molecule has 1 atom stereocenters. The SMILES string of the molecule is CC(=O)SCC(C(=O)NCCc1nn[nH]n1)C(F)(F)F. The lowest BCUT2D eigenvalue weighted by Crippen LogP contribution is -2.41. The molecule has 1 rings (SSSR count). The Morgan fingerprint density at radius 2 is 2.15 bits per heavy atom. The number of rotatable bonds is 6. The van der Waals surface area contributed by atoms with Crippen LogP contribution in [0.1, 0.15) is 12.7 Å². The first-order valence-electron chi connectivity index (χ1n) is 5.51. The first-order chi connectivity index (χ1) is 9.30. The van der Waals surface area contributed by atoms with Crippen LogP contribution in [0.15, 0.2) is 0 Å². The minimum Gasteiger partial charge on any atom is -0.355 e. The van der Waals surface area contributed by atoms with E-state index in [0.717, 1.165) is 6.92 Å². The molecule has 0 saturated carbocycles. The van der Waals surface area contributed by atoms with Gasteiger partial charge >= 0.3 is 6.18 Å². The molecule has 0 aliphatic carbocycles. The van der Waals surface area contributed by atoms with Gasteiger partial charge in [-0.1, -0.05) is 17.0 Å². The molecule has 112 valence electrons. The number of alkyl halides is 3. The zero-order valence-corrected chi connectivity index (χ0v) is 11.2. The molecule has 2 N–H and O–H groups in total. The van der Waals surface area contributed by atoms with Gasteiger partial charge in [0.05, 0.1) is 0 Å². The highest BCUT2D eigenvalue weighted by Gasteiger charge is 2.44. The van der Waals surface area contributed by atoms with Crippen LogP contribution in [0.25, 0.3) is 0 Å². The summed E-state index contributed by atoms with van der Waals surface area (Å²) in [5.41, 5.74) is 0. The summed E-state index contributed by atoms with van der Waals surface area (Å²) in [4.78, 5) is 22.2. The number of nitrogens with one attached hydrogen (secondary N) is 2. The average molecular weight is 311 g/mol. The standard InChI is InChI=1S/C9H12F3N5O2S/c1-5(18)20-4-6(9(10,11)12)8(19)13-3-2-7-14-16-17-15-7/h6H,2-4H2,1H3,(H,13,19)(H,14,15,16,17). The van der Waals surface area contributed by atoms with E-state index >= 15 is 0 Å². The smallest absolute Gasteiger partial charge is 0.355 e. The van der Waals surface area contributed by atoms with E-state index in [9.17, 15) is 22.8 Å². The maximum atomic E-state index is 12.7. The number of halogens is 3. The second-order valence-corrected chi connectivity index (χ2v) is 4.96. The molecule has 20 heavy (non-hydrogen) atoms. The molecule has 0 aromatic carbocycles. The van der Waals surface area contributed by atoms with Crippen molar-refractivity contribution >= 4 is 22.8 Å². The average Bonchev–Trinajstić information content (AvgIpc) is 2.79. The fourth-order valence-corrected chi connectivity index (χ4v) is 1.97. The molecule has 0 radical (unpaired) electrons. The Morgan fingerprint density at radius 1 is 1.45 bits per heavy atom. The highest BCUT2D eigenvalue weighted by atomic mass is 32.2. The molecular formula is C9H12F3N5O2S. The van der Waals surface area contributed by atoms with Gasteiger partial charge in [0.15, 0.2) is 10.9 Å². The molecule has 0 aliphatic heterocycles. The van der Waals surface area contributed by atoms with Crippen LogP contribution in [0.3, 0.4) is 0 Å². The maximum absolute atomic E-state index is 12.7. The number of aromatic amines is 1. The number of thioether (sulfide) groups is 1. The first kappa shape index (κ1) is 16.4. The van der Waals surface area contributed by atoms with E-state index in [1.54, 1.807) is 0 Å². The van der Waals surface area contributed by atoms with Crippen molar-refractivity contribution < 1.29 is 22.8 Å². The van der Waals surface area contributed by atoms with Crippen LogP contribution in [0.4, 0.5) is 13.2 Å². The van der Waals surface area contributed by atoms with Crippen LogP contribution >= 0.6 is 11.8 Å². The zero-order valence-electron chi connectivity index (χ0n) is 10.4. The lowest BCUT2D eigenvalue weighted by Gasteiger charge is -2.18. The van der Waals surface area contributed by atoms with E-state index < -0.39 is 28.9 Å². The van der Waals surface area contributed by atoms with Gasteiger partial charge in [0.25, 0.3) is 0 Å². The van der Waals surface area contributed by atoms with Gasteiger partial charge in [-0.3, -0.25) is 9.59 Å². The van der Waals surface area contributed by atoms with E-state index in [2.05, 4.69) is 25.9 Å². The topological polar surface area (TPSA) is 101 Å². The summed E-state index contributed by atoms with van der Waals surface area (Å²) in [7, 11) is 0. The normalized spacial score (nSPS) is 13.0. The third-order valence-electron chi connectivity index (χ3n) is 2.20. The van der Waals surface area contributed by atoms with Crippen LogP contribution in [-0.2, 0) is 16.0 Å². The predicted octanol–water partition coefficient (Wildman–Crippen LogP) is 0.317. The second kappa shape index (κ2) is 7.22. The maximum Gasteiger partial charge on any atom is 0.401 e. The molecular weight excluding hydrogens is 299 g/mol. The number of tetrazole rings is 1. The Morgan fingerprint density at radius 3 is 2.65 bits per heavy atom. The van der Waals surface area contributed by atoms with Gasteiger partial charge in [0.2, 0.25) is 5.91 Å². The number of H-pyrrole nitrogens is 1. The van der Waals surface area contributed by atoms with Crippen molar-refractivity contribution in [3.63, 3.8) is 0 Å². The number of carbonyl (C=O) groups is 2. The Balaban J connectivity index is 2.48. The minimum atomic E-state index is -4.70. The van der Waals surface area contributed by atoms with E-state index in [4.69, 9.17) is 0 Å². The van der Waals surface area contributed by atoms with Crippen molar-refractivity contribution in [3.8, 4) is 0 Å². The Kier molecular flexibility index (Phi) is 5.92. The third kappa shape index (κ3) is 5.55. The summed E-state index contributed by atoms with van der Waals surface area (Å²) in [5, 5.41) is 14.3. The lowest BCUT2D eigenvalue weighted by atomic mass is 10.1. The molecule has 0 fully saturated rings. The minimum absolute atomic E-state index is 0.0459. The number of carbonyl (C=O) groups excluding carboxylic acids is 2. The van der Waals surface area contributed by atoms with Crippen LogP contribution in [0.2, 0.25) is 0 Å². The van der Waals surface area contributed by atoms with Gasteiger partial charge in [-0.05, 0) is 0 Å². The van der Waals surface area contributed by atoms with Gasteiger partial charge in [-0.25, -0.2) is 0 Å². The summed E-state index contributed by atoms with van der Waals surface area (Å²) in [5.74, 6) is -3.74. The number of amides is 1. The first-order valence-corrected chi connectivity index (χ1v) is 6.49. The molecule has 0 spiro atoms. The Bertz CT molecular complexity index is 451. The second-order valence-electron chi connectivity index (χ2n) is 3.77. The Labute approximate surface area is 116 Å². The summed E-state index contributed by atoms with van der Waals surface area (Å²) in [6, 6.07) is 0. The van der Waals surface area contributed by atoms with Crippen molar-refractivity contribution in [2.24, 2.45) is 5.92 Å². The van der Waals surface area contributed by atoms with Crippen molar-refractivity contribution in [1.29, 1.82) is 0 Å². The van der Waals surface area contributed by atoms with Crippen LogP contribution in [0, 0.1) is 5.92 Å². The molecule has 1 aromatic heterocycles. The fraction of sp³-hybridized carbons (Fsp3) is 0.667. The largest absolute Gasteiger partial charge is 0.401 e. The van der Waals surface area contributed by atoms with Gasteiger partial charge in [0, 0.05) is 25.6 Å².